The third kappa shape index (κ3) is 9.63. The minimum absolute atomic E-state index is 0. The van der Waals surface area contributed by atoms with Gasteiger partial charge >= 0.3 is 0 Å². The molecule has 37 heavy (non-hydrogen) atoms. The number of H-pyrrole nitrogens is 1. The van der Waals surface area contributed by atoms with Crippen molar-refractivity contribution in [3.63, 3.8) is 0 Å². The number of rotatable bonds is 3. The molecule has 5 nitrogen and oxygen atoms in total. The number of nitrogens with zero attached hydrogens (tertiary/aromatic N) is 1. The maximum Gasteiger partial charge on any atom is 0.236 e. The Balaban J connectivity index is 0.000000331. The fraction of sp³-hybridized carbons (Fsp3) is 0.0714. The van der Waals surface area contributed by atoms with Crippen LogP contribution in [0.15, 0.2) is 89.6 Å². The first-order valence-corrected chi connectivity index (χ1v) is 12.6. The van der Waals surface area contributed by atoms with Crippen LogP contribution in [0.1, 0.15) is 30.1 Å². The molecule has 5 rings (SSSR count). The molecule has 0 spiro atoms. The summed E-state index contributed by atoms with van der Waals surface area (Å²) in [5.41, 5.74) is 3.61. The summed E-state index contributed by atoms with van der Waals surface area (Å²) in [6.45, 7) is 0. The molecule has 2 aromatic carbocycles. The number of carbonyl (C=O) groups excluding carboxylic acids is 1. The van der Waals surface area contributed by atoms with Gasteiger partial charge in [0.15, 0.2) is 0 Å². The lowest BCUT2D eigenvalue weighted by Crippen LogP contribution is -2.02. The maximum absolute atomic E-state index is 11.6. The number of ketones is 1. The van der Waals surface area contributed by atoms with Crippen LogP contribution in [0.4, 0.5) is 0 Å². The van der Waals surface area contributed by atoms with Crippen molar-refractivity contribution >= 4 is 51.7 Å². The van der Waals surface area contributed by atoms with E-state index in [4.69, 9.17) is 23.2 Å². The summed E-state index contributed by atoms with van der Waals surface area (Å²) >= 11 is 14.8. The normalized spacial score (nSPS) is 9.08. The van der Waals surface area contributed by atoms with Gasteiger partial charge in [-0.3, -0.25) is 21.6 Å². The number of aromatic amines is 1. The van der Waals surface area contributed by atoms with Gasteiger partial charge in [0.05, 0.1) is 21.1 Å². The summed E-state index contributed by atoms with van der Waals surface area (Å²) < 4.78 is 0. The molecular formula is C28H28Cl2N4OS2. The minimum atomic E-state index is -0.190. The van der Waals surface area contributed by atoms with Gasteiger partial charge in [0.25, 0.3) is 0 Å². The lowest BCUT2D eigenvalue weighted by atomic mass is 10.1. The maximum atomic E-state index is 11.6. The van der Waals surface area contributed by atoms with Crippen LogP contribution in [-0.2, 0) is 0 Å². The number of carbonyl (C=O) groups is 1. The molecule has 3 heterocycles. The van der Waals surface area contributed by atoms with Crippen molar-refractivity contribution < 1.29 is 4.79 Å². The van der Waals surface area contributed by atoms with Crippen LogP contribution in [-0.4, -0.2) is 16.0 Å². The van der Waals surface area contributed by atoms with Gasteiger partial charge < -0.3 is 0 Å². The van der Waals surface area contributed by atoms with E-state index in [0.717, 1.165) is 26.9 Å². The predicted octanol–water partition coefficient (Wildman–Crippen LogP) is 8.19. The molecule has 5 N–H and O–H groups in total. The van der Waals surface area contributed by atoms with Gasteiger partial charge in [-0.05, 0) is 77.2 Å². The van der Waals surface area contributed by atoms with Gasteiger partial charge in [-0.15, -0.1) is 22.7 Å². The van der Waals surface area contributed by atoms with E-state index in [9.17, 15) is 4.79 Å². The smallest absolute Gasteiger partial charge is 0.236 e. The van der Waals surface area contributed by atoms with Crippen LogP contribution in [0.2, 0.25) is 10.0 Å². The zero-order valence-corrected chi connectivity index (χ0v) is 21.4. The van der Waals surface area contributed by atoms with Gasteiger partial charge in [0.2, 0.25) is 5.78 Å². The number of nitrogens with two attached hydrogens (primary N) is 2. The Morgan fingerprint density at radius 2 is 1.43 bits per heavy atom. The number of Topliss-reactive ketones (excluding diaryl/α,β-unsaturated/α-hetero) is 1. The molecular weight excluding hydrogens is 543 g/mol. The van der Waals surface area contributed by atoms with E-state index in [0.29, 0.717) is 10.6 Å². The molecule has 0 radical (unpaired) electrons. The van der Waals surface area contributed by atoms with Crippen LogP contribution in [0.3, 0.4) is 0 Å². The summed E-state index contributed by atoms with van der Waals surface area (Å²) in [5, 5.41) is 12.7. The average molecular weight is 572 g/mol. The average Bonchev–Trinajstić information content (AvgIpc) is 3.68. The third-order valence-electron chi connectivity index (χ3n) is 4.43. The molecule has 9 heteroatoms. The number of nitrogens with one attached hydrogen (secondary N) is 1. The molecule has 0 saturated heterocycles. The van der Waals surface area contributed by atoms with Crippen molar-refractivity contribution in [1.29, 1.82) is 0 Å². The zero-order valence-electron chi connectivity index (χ0n) is 18.2. The van der Waals surface area contributed by atoms with Crippen molar-refractivity contribution in [2.45, 2.75) is 14.9 Å². The summed E-state index contributed by atoms with van der Waals surface area (Å²) in [4.78, 5) is 13.7. The van der Waals surface area contributed by atoms with Gasteiger partial charge in [0, 0.05) is 21.2 Å². The summed E-state index contributed by atoms with van der Waals surface area (Å²) in [7, 11) is 0. The van der Waals surface area contributed by atoms with Crippen LogP contribution >= 0.6 is 45.9 Å². The van der Waals surface area contributed by atoms with Crippen molar-refractivity contribution in [2.75, 3.05) is 0 Å². The van der Waals surface area contributed by atoms with Crippen molar-refractivity contribution in [3.05, 3.63) is 110 Å². The van der Waals surface area contributed by atoms with E-state index in [2.05, 4.69) is 51.2 Å². The third-order valence-corrected chi connectivity index (χ3v) is 6.62. The highest BCUT2D eigenvalue weighted by atomic mass is 35.5. The standard InChI is InChI=1S/C13H9ClN2S.C13H7ClOS.2CH4.H4N2/c14-10-5-3-9(4-6-10)11-8-12(16-15-11)13-2-1-7-17-13;14-11-5-3-10(4-6-11)13(15)8-7-12-2-1-9-16-12;;;1-2/h1-8H,(H,15,16);1-6,9H;2*1H4;1-2H2. The van der Waals surface area contributed by atoms with Crippen LogP contribution in [0, 0.1) is 11.8 Å². The monoisotopic (exact) mass is 570 g/mol. The van der Waals surface area contributed by atoms with Crippen LogP contribution in [0.25, 0.3) is 21.8 Å². The predicted molar refractivity (Wildman–Crippen MR) is 161 cm³/mol. The van der Waals surface area contributed by atoms with Crippen molar-refractivity contribution in [3.8, 4) is 33.7 Å². The number of aromatic nitrogens is 2. The van der Waals surface area contributed by atoms with E-state index in [1.54, 1.807) is 35.6 Å². The van der Waals surface area contributed by atoms with Gasteiger partial charge in [0.1, 0.15) is 0 Å². The Morgan fingerprint density at radius 3 is 2.00 bits per heavy atom. The van der Waals surface area contributed by atoms with E-state index >= 15 is 0 Å². The Kier molecular flexibility index (Phi) is 14.2. The fourth-order valence-electron chi connectivity index (χ4n) is 2.79. The molecule has 0 saturated carbocycles. The number of benzene rings is 2. The van der Waals surface area contributed by atoms with E-state index in [-0.39, 0.29) is 20.6 Å². The number of halogens is 2. The minimum Gasteiger partial charge on any atom is -0.279 e. The number of hydrazine groups is 1. The lowest BCUT2D eigenvalue weighted by molar-refractivity contribution is 0.105. The molecule has 0 atom stereocenters. The van der Waals surface area contributed by atoms with Crippen LogP contribution in [0.5, 0.6) is 0 Å². The summed E-state index contributed by atoms with van der Waals surface area (Å²) in [6, 6.07) is 24.3. The zero-order chi connectivity index (χ0) is 25.0. The van der Waals surface area contributed by atoms with E-state index in [1.807, 2.05) is 47.8 Å². The first kappa shape index (κ1) is 31.8. The quantitative estimate of drug-likeness (QED) is 0.0880. The Morgan fingerprint density at radius 1 is 0.838 bits per heavy atom. The van der Waals surface area contributed by atoms with Gasteiger partial charge in [-0.25, -0.2) is 0 Å². The second-order valence-corrected chi connectivity index (χ2v) is 9.48. The SMILES string of the molecule is C.C.Clc1ccc(-c2cc(-c3cccs3)[nH]n2)cc1.NN.O=C(C#Cc1cccs1)c1ccc(Cl)cc1. The van der Waals surface area contributed by atoms with E-state index < -0.39 is 0 Å². The topological polar surface area (TPSA) is 97.8 Å². The summed E-state index contributed by atoms with van der Waals surface area (Å²) in [5.74, 6) is 13.2. The van der Waals surface area contributed by atoms with E-state index in [1.165, 1.54) is 16.2 Å². The van der Waals surface area contributed by atoms with Crippen molar-refractivity contribution in [1.82, 2.24) is 10.2 Å². The molecule has 0 aliphatic heterocycles. The van der Waals surface area contributed by atoms with Gasteiger partial charge in [-0.2, -0.15) is 5.10 Å². The summed E-state index contributed by atoms with van der Waals surface area (Å²) in [6.07, 6.45) is 0. The molecule has 5 aromatic rings. The first-order valence-electron chi connectivity index (χ1n) is 10.1. The molecule has 0 aliphatic rings. The fourth-order valence-corrected chi connectivity index (χ4v) is 4.30. The number of thiophene rings is 2. The highest BCUT2D eigenvalue weighted by Crippen LogP contribution is 2.27. The molecule has 0 amide bonds. The molecule has 3 aromatic heterocycles. The van der Waals surface area contributed by atoms with Crippen molar-refractivity contribution in [2.24, 2.45) is 11.7 Å². The highest BCUT2D eigenvalue weighted by molar-refractivity contribution is 7.13. The largest absolute Gasteiger partial charge is 0.279 e. The highest BCUT2D eigenvalue weighted by Gasteiger charge is 2.06. The lowest BCUT2D eigenvalue weighted by Gasteiger charge is -1.94. The van der Waals surface area contributed by atoms with Gasteiger partial charge in [-0.1, -0.05) is 62.3 Å². The number of hydrogen-bond acceptors (Lipinski definition) is 6. The second kappa shape index (κ2) is 16.5. The molecule has 0 unspecified atom stereocenters. The first-order chi connectivity index (χ1) is 17.1. The molecule has 0 fully saturated rings. The molecule has 192 valence electrons. The number of hydrogen-bond donors (Lipinski definition) is 3. The Bertz CT molecular complexity index is 1390. The molecule has 0 bridgehead atoms. The molecule has 0 aliphatic carbocycles. The Hall–Kier alpha value is -3.22. The van der Waals surface area contributed by atoms with Crippen LogP contribution < -0.4 is 11.7 Å². The Labute approximate surface area is 236 Å². The second-order valence-electron chi connectivity index (χ2n) is 6.71.